The Kier molecular flexibility index (Phi) is 27.2. The van der Waals surface area contributed by atoms with Crippen LogP contribution in [0.2, 0.25) is 0 Å². The highest BCUT2D eigenvalue weighted by atomic mass is 16.5. The van der Waals surface area contributed by atoms with Gasteiger partial charge in [0.1, 0.15) is 11.5 Å². The van der Waals surface area contributed by atoms with Crippen LogP contribution in [0.4, 0.5) is 9.59 Å². The van der Waals surface area contributed by atoms with Gasteiger partial charge in [-0.05, 0) is 166 Å². The summed E-state index contributed by atoms with van der Waals surface area (Å²) in [6, 6.07) is 25.7. The molecule has 0 radical (unpaired) electrons. The van der Waals surface area contributed by atoms with Crippen LogP contribution in [0, 0.1) is 0 Å². The zero-order chi connectivity index (χ0) is 59.5. The smallest absolute Gasteiger partial charge is 0.318 e. The number of aliphatic hydroxyl groups excluding tert-OH is 2. The predicted molar refractivity (Wildman–Crippen MR) is 320 cm³/mol. The summed E-state index contributed by atoms with van der Waals surface area (Å²) in [5, 5.41) is 31.7. The van der Waals surface area contributed by atoms with Crippen molar-refractivity contribution in [3.8, 4) is 23.0 Å². The lowest BCUT2D eigenvalue weighted by Crippen LogP contribution is -2.53. The molecule has 83 heavy (non-hydrogen) atoms. The first-order valence-corrected chi connectivity index (χ1v) is 30.1. The first-order chi connectivity index (χ1) is 40.3. The summed E-state index contributed by atoms with van der Waals surface area (Å²) in [5.74, 6) is 1.21. The first-order valence-electron chi connectivity index (χ1n) is 30.1. The van der Waals surface area contributed by atoms with Crippen molar-refractivity contribution in [2.45, 2.75) is 173 Å². The van der Waals surface area contributed by atoms with Crippen molar-refractivity contribution in [2.24, 2.45) is 0 Å². The Balaban J connectivity index is 1.02. The number of aliphatic hydroxyl groups is 2. The maximum Gasteiger partial charge on any atom is 0.318 e. The Morgan fingerprint density at radius 1 is 0.602 bits per heavy atom. The molecule has 4 aromatic carbocycles. The third kappa shape index (κ3) is 20.2. The minimum Gasteiger partial charge on any atom is -0.493 e. The number of hydrogen-bond acceptors (Lipinski definition) is 12. The topological polar surface area (TPSA) is 227 Å². The maximum atomic E-state index is 14.3. The van der Waals surface area contributed by atoms with Crippen LogP contribution >= 0.6 is 0 Å². The van der Waals surface area contributed by atoms with E-state index in [0.717, 1.165) is 80.0 Å². The Morgan fingerprint density at radius 3 is 1.77 bits per heavy atom. The molecule has 0 saturated carbocycles. The number of hydrogen-bond donors (Lipinski definition) is 6. The standard InChI is InChI=1S/C65H92N6O12/c1-7-52(8-2)68-64(77)70-33-13-11-19-54(70)42-83-59(29-25-46-26-30-60(79-5)61(36-46)80-6)49-18-16-21-56(38-49)82-44-63(76)67-32-31-66-62(75)43-81-55-20-15-17-47(37-55)48(27-23-45-24-28-50(40-72)51(35-45)41-73)39-58(74)57-22-12-14-34-71(57)65(78)69-53(9-3)10-4/h15-18,20-21,24,26,28,30,35-38,48,52-54,57,59,72-73H,7-14,19,22-23,25,27,29,31-34,39-44H2,1-6H3,(H,66,75)(H,67,76)(H,68,77)(H,69,78)/t48-,54-,57-,59+/m0/s1. The lowest BCUT2D eigenvalue weighted by molar-refractivity contribution is -0.125. The van der Waals surface area contributed by atoms with Crippen molar-refractivity contribution < 1.29 is 57.9 Å². The molecular weight excluding hydrogens is 1060 g/mol. The van der Waals surface area contributed by atoms with Gasteiger partial charge in [0, 0.05) is 44.7 Å². The molecule has 2 aliphatic rings. The minimum atomic E-state index is -0.540. The number of methoxy groups -OCH3 is 2. The molecule has 4 aromatic rings. The second kappa shape index (κ2) is 34.7. The molecule has 0 aliphatic carbocycles. The lowest BCUT2D eigenvalue weighted by Gasteiger charge is -2.37. The number of ether oxygens (including phenoxy) is 5. The van der Waals surface area contributed by atoms with Gasteiger partial charge in [-0.3, -0.25) is 14.4 Å². The van der Waals surface area contributed by atoms with Crippen molar-refractivity contribution in [3.63, 3.8) is 0 Å². The van der Waals surface area contributed by atoms with Crippen molar-refractivity contribution in [2.75, 3.05) is 60.2 Å². The third-order valence-corrected chi connectivity index (χ3v) is 16.2. The van der Waals surface area contributed by atoms with Crippen molar-refractivity contribution in [3.05, 3.63) is 118 Å². The van der Waals surface area contributed by atoms with E-state index in [4.69, 9.17) is 23.7 Å². The predicted octanol–water partition coefficient (Wildman–Crippen LogP) is 9.25. The summed E-state index contributed by atoms with van der Waals surface area (Å²) in [5.41, 5.74) is 5.04. The van der Waals surface area contributed by atoms with Crippen LogP contribution in [-0.2, 0) is 45.2 Å². The van der Waals surface area contributed by atoms with Crippen LogP contribution in [0.1, 0.15) is 157 Å². The molecule has 0 aromatic heterocycles. The number of aryl methyl sites for hydroxylation is 2. The van der Waals surface area contributed by atoms with Crippen LogP contribution in [0.5, 0.6) is 23.0 Å². The van der Waals surface area contributed by atoms with Gasteiger partial charge in [0.15, 0.2) is 30.5 Å². The highest BCUT2D eigenvalue weighted by Gasteiger charge is 2.34. The van der Waals surface area contributed by atoms with E-state index in [1.165, 1.54) is 0 Å². The molecule has 2 aliphatic heterocycles. The number of nitrogens with one attached hydrogen (secondary N) is 4. The van der Waals surface area contributed by atoms with Crippen LogP contribution < -0.4 is 40.2 Å². The second-order valence-electron chi connectivity index (χ2n) is 21.8. The fourth-order valence-electron chi connectivity index (χ4n) is 11.1. The van der Waals surface area contributed by atoms with Gasteiger partial charge in [-0.1, -0.05) is 76.2 Å². The van der Waals surface area contributed by atoms with E-state index in [2.05, 4.69) is 35.1 Å². The number of nitrogens with zero attached hydrogens (tertiary/aromatic N) is 2. The number of Topliss-reactive ketones (excluding diaryl/α,β-unsaturated/α-hetero) is 1. The van der Waals surface area contributed by atoms with Crippen molar-refractivity contribution >= 4 is 29.7 Å². The highest BCUT2D eigenvalue weighted by molar-refractivity contribution is 5.89. The fraction of sp³-hybridized carbons (Fsp3) is 0.554. The van der Waals surface area contributed by atoms with Gasteiger partial charge in [0.25, 0.3) is 11.8 Å². The van der Waals surface area contributed by atoms with Gasteiger partial charge >= 0.3 is 12.1 Å². The number of rotatable bonds is 33. The summed E-state index contributed by atoms with van der Waals surface area (Å²) in [6.07, 6.45) is 10.7. The maximum absolute atomic E-state index is 14.3. The Morgan fingerprint density at radius 2 is 1.16 bits per heavy atom. The van der Waals surface area contributed by atoms with E-state index in [-0.39, 0.29) is 106 Å². The van der Waals surface area contributed by atoms with Crippen LogP contribution in [-0.4, -0.2) is 134 Å². The number of carbonyl (C=O) groups excluding carboxylic acids is 5. The van der Waals surface area contributed by atoms with Gasteiger partial charge in [0.05, 0.1) is 52.2 Å². The minimum absolute atomic E-state index is 0.00733. The number of urea groups is 2. The molecule has 0 spiro atoms. The van der Waals surface area contributed by atoms with Gasteiger partial charge in [-0.25, -0.2) is 9.59 Å². The van der Waals surface area contributed by atoms with E-state index in [1.807, 2.05) is 91.5 Å². The number of carbonyl (C=O) groups is 5. The van der Waals surface area contributed by atoms with E-state index >= 15 is 0 Å². The number of ketones is 1. The van der Waals surface area contributed by atoms with Crippen molar-refractivity contribution in [1.29, 1.82) is 0 Å². The van der Waals surface area contributed by atoms with Crippen molar-refractivity contribution in [1.82, 2.24) is 31.1 Å². The molecule has 6 rings (SSSR count). The molecule has 2 fully saturated rings. The van der Waals surface area contributed by atoms with Gasteiger partial charge in [0.2, 0.25) is 0 Å². The zero-order valence-corrected chi connectivity index (χ0v) is 49.9. The van der Waals surface area contributed by atoms with Crippen LogP contribution in [0.25, 0.3) is 0 Å². The molecule has 0 bridgehead atoms. The average Bonchev–Trinajstić information content (AvgIpc) is 3.55. The molecule has 0 unspecified atom stereocenters. The van der Waals surface area contributed by atoms with Crippen LogP contribution in [0.15, 0.2) is 84.9 Å². The molecular formula is C65H92N6O12. The number of amides is 6. The lowest BCUT2D eigenvalue weighted by atomic mass is 9.84. The summed E-state index contributed by atoms with van der Waals surface area (Å²) in [4.78, 5) is 71.0. The molecule has 4 atom stereocenters. The zero-order valence-electron chi connectivity index (χ0n) is 49.9. The highest BCUT2D eigenvalue weighted by Crippen LogP contribution is 2.34. The molecule has 18 nitrogen and oxygen atoms in total. The van der Waals surface area contributed by atoms with E-state index < -0.39 is 6.04 Å². The van der Waals surface area contributed by atoms with E-state index in [9.17, 15) is 34.2 Å². The number of likely N-dealkylation sites (tertiary alicyclic amines) is 2. The average molecular weight is 1150 g/mol. The third-order valence-electron chi connectivity index (χ3n) is 16.2. The second-order valence-corrected chi connectivity index (χ2v) is 21.8. The monoisotopic (exact) mass is 1150 g/mol. The molecule has 2 heterocycles. The normalized spacial score (nSPS) is 16.0. The molecule has 2 saturated heterocycles. The number of piperidine rings is 2. The van der Waals surface area contributed by atoms with Gasteiger partial charge in [-0.15, -0.1) is 0 Å². The molecule has 6 amide bonds. The molecule has 454 valence electrons. The number of benzene rings is 4. The summed E-state index contributed by atoms with van der Waals surface area (Å²) >= 11 is 0. The molecule has 6 N–H and O–H groups in total. The van der Waals surface area contributed by atoms with Gasteiger partial charge in [-0.2, -0.15) is 0 Å². The van der Waals surface area contributed by atoms with Gasteiger partial charge < -0.3 is 65.0 Å². The summed E-state index contributed by atoms with van der Waals surface area (Å²) in [6.45, 7) is 9.17. The summed E-state index contributed by atoms with van der Waals surface area (Å²) < 4.78 is 29.8. The fourth-order valence-corrected chi connectivity index (χ4v) is 11.1. The molecule has 18 heteroatoms. The Hall–Kier alpha value is -6.89. The Labute approximate surface area is 491 Å². The SMILES string of the molecule is CCC(CC)NC(=O)N1CCCC[C@H]1CO[C@H](CCc1ccc(OC)c(OC)c1)c1cccc(OCC(=O)NCCNC(=O)COc2cccc([C@@H](CCc3ccc(CO)c(CO)c3)CC(=O)[C@@H]3CCCCN3C(=O)NC(CC)CC)c2)c1. The van der Waals surface area contributed by atoms with E-state index in [0.29, 0.717) is 85.9 Å². The van der Waals surface area contributed by atoms with E-state index in [1.54, 1.807) is 31.3 Å². The quantitative estimate of drug-likeness (QED) is 0.0246. The van der Waals surface area contributed by atoms with Crippen LogP contribution in [0.3, 0.4) is 0 Å². The first kappa shape index (κ1) is 65.3. The summed E-state index contributed by atoms with van der Waals surface area (Å²) in [7, 11) is 3.22. The largest absolute Gasteiger partial charge is 0.493 e. The Bertz CT molecular complexity index is 2680.